The van der Waals surface area contributed by atoms with Crippen LogP contribution in [0.1, 0.15) is 82.3 Å². The number of benzene rings is 1. The summed E-state index contributed by atoms with van der Waals surface area (Å²) in [4.78, 5) is 0. The van der Waals surface area contributed by atoms with E-state index in [-0.39, 0.29) is 12.4 Å². The van der Waals surface area contributed by atoms with E-state index in [1.54, 1.807) is 0 Å². The van der Waals surface area contributed by atoms with Crippen molar-refractivity contribution in [3.05, 3.63) is 35.4 Å². The second-order valence-electron chi connectivity index (χ2n) is 6.34. The molecule has 1 rings (SSSR count). The highest BCUT2D eigenvalue weighted by Crippen LogP contribution is 2.10. The van der Waals surface area contributed by atoms with Crippen LogP contribution in [-0.4, -0.2) is 6.54 Å². The first-order chi connectivity index (χ1) is 10.3. The van der Waals surface area contributed by atoms with Gasteiger partial charge in [-0.1, -0.05) is 94.5 Å². The number of rotatable bonds is 13. The lowest BCUT2D eigenvalue weighted by molar-refractivity contribution is 0.543. The maximum absolute atomic E-state index is 3.55. The minimum Gasteiger partial charge on any atom is -0.313 e. The summed E-state index contributed by atoms with van der Waals surface area (Å²) in [6.07, 6.45) is 14.1. The van der Waals surface area contributed by atoms with Crippen LogP contribution < -0.4 is 5.32 Å². The molecule has 0 saturated carbocycles. The van der Waals surface area contributed by atoms with Crippen molar-refractivity contribution in [2.24, 2.45) is 0 Å². The molecule has 1 N–H and O–H groups in total. The van der Waals surface area contributed by atoms with Crippen LogP contribution in [-0.2, 0) is 6.54 Å². The normalized spacial score (nSPS) is 10.5. The first-order valence-electron chi connectivity index (χ1n) is 9.09. The molecule has 0 amide bonds. The van der Waals surface area contributed by atoms with Crippen molar-refractivity contribution < 1.29 is 0 Å². The molecule has 0 unspecified atom stereocenters. The maximum atomic E-state index is 3.55. The Balaban J connectivity index is 0.00000441. The third kappa shape index (κ3) is 12.1. The van der Waals surface area contributed by atoms with E-state index in [9.17, 15) is 0 Å². The highest BCUT2D eigenvalue weighted by Gasteiger charge is 1.94. The predicted molar refractivity (Wildman–Crippen MR) is 102 cm³/mol. The maximum Gasteiger partial charge on any atom is 0.0205 e. The highest BCUT2D eigenvalue weighted by molar-refractivity contribution is 5.85. The van der Waals surface area contributed by atoms with E-state index in [2.05, 4.69) is 43.4 Å². The van der Waals surface area contributed by atoms with Gasteiger partial charge in [0.05, 0.1) is 0 Å². The molecule has 0 bridgehead atoms. The molecule has 0 aromatic heterocycles. The number of nitrogens with one attached hydrogen (secondary N) is 1. The van der Waals surface area contributed by atoms with Gasteiger partial charge in [-0.3, -0.25) is 0 Å². The third-order valence-electron chi connectivity index (χ3n) is 4.16. The van der Waals surface area contributed by atoms with Crippen molar-refractivity contribution in [2.75, 3.05) is 6.54 Å². The molecule has 1 aromatic carbocycles. The molecule has 0 atom stereocenters. The van der Waals surface area contributed by atoms with E-state index < -0.39 is 0 Å². The monoisotopic (exact) mass is 325 g/mol. The molecule has 0 saturated heterocycles. The zero-order valence-electron chi connectivity index (χ0n) is 14.7. The van der Waals surface area contributed by atoms with E-state index in [1.165, 1.54) is 75.3 Å². The Morgan fingerprint density at radius 3 is 1.77 bits per heavy atom. The highest BCUT2D eigenvalue weighted by atomic mass is 35.5. The van der Waals surface area contributed by atoms with Gasteiger partial charge in [0.25, 0.3) is 0 Å². The van der Waals surface area contributed by atoms with Crippen LogP contribution in [0.2, 0.25) is 0 Å². The first kappa shape index (κ1) is 21.5. The SMILES string of the molecule is CCCCCCCCCCCCNCc1ccc(C)cc1.Cl. The Labute approximate surface area is 144 Å². The number of hydrogen-bond acceptors (Lipinski definition) is 1. The van der Waals surface area contributed by atoms with Gasteiger partial charge in [0, 0.05) is 6.54 Å². The minimum atomic E-state index is 0. The summed E-state index contributed by atoms with van der Waals surface area (Å²) in [7, 11) is 0. The molecule has 0 aliphatic heterocycles. The van der Waals surface area contributed by atoms with Crippen molar-refractivity contribution in [2.45, 2.75) is 84.6 Å². The number of aryl methyl sites for hydroxylation is 1. The van der Waals surface area contributed by atoms with Crippen LogP contribution in [0, 0.1) is 6.92 Å². The average molecular weight is 326 g/mol. The average Bonchev–Trinajstić information content (AvgIpc) is 2.50. The largest absolute Gasteiger partial charge is 0.313 e. The van der Waals surface area contributed by atoms with Gasteiger partial charge in [0.2, 0.25) is 0 Å². The van der Waals surface area contributed by atoms with Gasteiger partial charge in [-0.25, -0.2) is 0 Å². The molecule has 0 aliphatic carbocycles. The Bertz CT molecular complexity index is 334. The Hall–Kier alpha value is -0.530. The van der Waals surface area contributed by atoms with E-state index in [0.29, 0.717) is 0 Å². The van der Waals surface area contributed by atoms with Gasteiger partial charge in [-0.15, -0.1) is 12.4 Å². The van der Waals surface area contributed by atoms with Crippen LogP contribution >= 0.6 is 12.4 Å². The lowest BCUT2D eigenvalue weighted by Gasteiger charge is -2.05. The fourth-order valence-corrected chi connectivity index (χ4v) is 2.68. The molecular weight excluding hydrogens is 290 g/mol. The van der Waals surface area contributed by atoms with Gasteiger partial charge in [-0.05, 0) is 25.5 Å². The first-order valence-corrected chi connectivity index (χ1v) is 9.09. The van der Waals surface area contributed by atoms with Crippen molar-refractivity contribution in [1.82, 2.24) is 5.32 Å². The van der Waals surface area contributed by atoms with Gasteiger partial charge in [0.1, 0.15) is 0 Å². The summed E-state index contributed by atoms with van der Waals surface area (Å²) in [5.41, 5.74) is 2.74. The molecule has 0 fully saturated rings. The minimum absolute atomic E-state index is 0. The van der Waals surface area contributed by atoms with Crippen LogP contribution in [0.4, 0.5) is 0 Å². The Morgan fingerprint density at radius 1 is 0.727 bits per heavy atom. The molecular formula is C20H36ClN. The third-order valence-corrected chi connectivity index (χ3v) is 4.16. The van der Waals surface area contributed by atoms with Crippen LogP contribution in [0.25, 0.3) is 0 Å². The lowest BCUT2D eigenvalue weighted by atomic mass is 10.1. The summed E-state index contributed by atoms with van der Waals surface area (Å²) in [5, 5.41) is 3.55. The van der Waals surface area contributed by atoms with Crippen LogP contribution in [0.3, 0.4) is 0 Å². The van der Waals surface area contributed by atoms with E-state index in [4.69, 9.17) is 0 Å². The van der Waals surface area contributed by atoms with Gasteiger partial charge < -0.3 is 5.32 Å². The molecule has 128 valence electrons. The molecule has 2 heteroatoms. The smallest absolute Gasteiger partial charge is 0.0205 e. The van der Waals surface area contributed by atoms with Crippen molar-refractivity contribution in [1.29, 1.82) is 0 Å². The van der Waals surface area contributed by atoms with Gasteiger partial charge in [-0.2, -0.15) is 0 Å². The molecule has 0 aliphatic rings. The summed E-state index contributed by atoms with van der Waals surface area (Å²) in [6.45, 7) is 6.59. The molecule has 1 aromatic rings. The van der Waals surface area contributed by atoms with Gasteiger partial charge >= 0.3 is 0 Å². The summed E-state index contributed by atoms with van der Waals surface area (Å²) in [6, 6.07) is 8.83. The molecule has 1 nitrogen and oxygen atoms in total. The fraction of sp³-hybridized carbons (Fsp3) is 0.700. The molecule has 0 heterocycles. The summed E-state index contributed by atoms with van der Waals surface area (Å²) < 4.78 is 0. The van der Waals surface area contributed by atoms with Gasteiger partial charge in [0.15, 0.2) is 0 Å². The van der Waals surface area contributed by atoms with Crippen LogP contribution in [0.15, 0.2) is 24.3 Å². The van der Waals surface area contributed by atoms with Crippen molar-refractivity contribution >= 4 is 12.4 Å². The Kier molecular flexibility index (Phi) is 15.0. The second kappa shape index (κ2) is 15.4. The summed E-state index contributed by atoms with van der Waals surface area (Å²) >= 11 is 0. The second-order valence-corrected chi connectivity index (χ2v) is 6.34. The molecule has 0 spiro atoms. The molecule has 0 radical (unpaired) electrons. The zero-order chi connectivity index (χ0) is 15.2. The molecule has 22 heavy (non-hydrogen) atoms. The predicted octanol–water partition coefficient (Wildman–Crippen LogP) is 6.43. The fourth-order valence-electron chi connectivity index (χ4n) is 2.68. The zero-order valence-corrected chi connectivity index (χ0v) is 15.5. The van der Waals surface area contributed by atoms with E-state index in [0.717, 1.165) is 13.1 Å². The Morgan fingerprint density at radius 2 is 1.23 bits per heavy atom. The number of hydrogen-bond donors (Lipinski definition) is 1. The van der Waals surface area contributed by atoms with Crippen molar-refractivity contribution in [3.8, 4) is 0 Å². The van der Waals surface area contributed by atoms with E-state index in [1.807, 2.05) is 0 Å². The van der Waals surface area contributed by atoms with E-state index >= 15 is 0 Å². The standard InChI is InChI=1S/C20H35N.ClH/c1-3-4-5-6-7-8-9-10-11-12-17-21-18-20-15-13-19(2)14-16-20;/h13-16,21H,3-12,17-18H2,1-2H3;1H. The topological polar surface area (TPSA) is 12.0 Å². The lowest BCUT2D eigenvalue weighted by Crippen LogP contribution is -2.14. The quantitative estimate of drug-likeness (QED) is 0.412. The summed E-state index contributed by atoms with van der Waals surface area (Å²) in [5.74, 6) is 0. The number of halogens is 1. The van der Waals surface area contributed by atoms with Crippen molar-refractivity contribution in [3.63, 3.8) is 0 Å². The van der Waals surface area contributed by atoms with Crippen LogP contribution in [0.5, 0.6) is 0 Å². The number of unbranched alkanes of at least 4 members (excludes halogenated alkanes) is 9.